The van der Waals surface area contributed by atoms with E-state index in [1.165, 1.54) is 31.4 Å². The molecule has 0 unspecified atom stereocenters. The van der Waals surface area contributed by atoms with Gasteiger partial charge < -0.3 is 18.8 Å². The Morgan fingerprint density at radius 1 is 1.04 bits per heavy atom. The SMILES string of the molecule is CCc1c2c(nc3ccc(F)cc13)-c1cc3c(c(=O)n1C2)COC(=O)[C@@]3(CC)OC(=O)CN=C(Cc1ccc(OC)cc1)NS(=O)(=O)c1ccc(C)cc1. The van der Waals surface area contributed by atoms with Gasteiger partial charge in [0, 0.05) is 22.9 Å². The maximum atomic E-state index is 14.3. The number of aryl methyl sites for hydroxylation is 2. The first-order valence-electron chi connectivity index (χ1n) is 17.4. The van der Waals surface area contributed by atoms with Crippen LogP contribution in [0.2, 0.25) is 0 Å². The fraction of sp³-hybridized carbons (Fsp3) is 0.275. The van der Waals surface area contributed by atoms with Crippen LogP contribution in [0.25, 0.3) is 22.3 Å². The molecule has 0 bridgehead atoms. The van der Waals surface area contributed by atoms with Crippen LogP contribution in [-0.2, 0) is 60.7 Å². The Kier molecular flexibility index (Phi) is 9.56. The van der Waals surface area contributed by atoms with Crippen molar-refractivity contribution >= 4 is 38.7 Å². The molecule has 0 saturated carbocycles. The van der Waals surface area contributed by atoms with Crippen molar-refractivity contribution in [2.24, 2.45) is 4.99 Å². The number of methoxy groups -OCH3 is 1. The molecular weight excluding hydrogens is 716 g/mol. The van der Waals surface area contributed by atoms with Crippen LogP contribution >= 0.6 is 0 Å². The highest BCUT2D eigenvalue weighted by Gasteiger charge is 2.50. The third kappa shape index (κ3) is 6.50. The smallest absolute Gasteiger partial charge is 0.355 e. The van der Waals surface area contributed by atoms with Crippen LogP contribution in [-0.4, -0.2) is 49.4 Å². The van der Waals surface area contributed by atoms with Gasteiger partial charge in [0.2, 0.25) is 5.60 Å². The number of amidine groups is 1. The number of hydrogen-bond acceptors (Lipinski definition) is 10. The zero-order valence-electron chi connectivity index (χ0n) is 30.1. The Hall–Kier alpha value is -5.89. The standard InChI is InChI=1S/C40H37FN4O8S/c1-5-28-29-18-25(41)11-16-33(29)43-37-30(28)21-45-34(37)19-32-31(38(45)47)22-52-39(48)40(32,6-2)53-36(46)20-42-35(17-24-9-12-26(51-4)13-10-24)44-54(49,50)27-14-7-23(3)8-15-27/h7-16,18-19H,5-6,17,20-22H2,1-4H3,(H,42,44)/t40-/m0/s1. The molecule has 7 rings (SSSR count). The number of benzene rings is 3. The van der Waals surface area contributed by atoms with Gasteiger partial charge in [0.05, 0.1) is 41.0 Å². The molecule has 0 fully saturated rings. The molecule has 5 aromatic rings. The van der Waals surface area contributed by atoms with Crippen molar-refractivity contribution in [3.05, 3.63) is 122 Å². The average Bonchev–Trinajstić information content (AvgIpc) is 3.53. The molecule has 14 heteroatoms. The quantitative estimate of drug-likeness (QED) is 0.112. The van der Waals surface area contributed by atoms with Crippen LogP contribution in [0.15, 0.2) is 87.5 Å². The van der Waals surface area contributed by atoms with Crippen LogP contribution < -0.4 is 15.0 Å². The Morgan fingerprint density at radius 2 is 1.78 bits per heavy atom. The molecule has 0 amide bonds. The fourth-order valence-corrected chi connectivity index (χ4v) is 8.13. The lowest BCUT2D eigenvalue weighted by molar-refractivity contribution is -0.188. The molecule has 12 nitrogen and oxygen atoms in total. The molecule has 2 aromatic heterocycles. The van der Waals surface area contributed by atoms with E-state index in [9.17, 15) is 27.2 Å². The first-order valence-corrected chi connectivity index (χ1v) is 18.9. The van der Waals surface area contributed by atoms with Crippen LogP contribution in [0.1, 0.15) is 53.6 Å². The first kappa shape index (κ1) is 36.5. The highest BCUT2D eigenvalue weighted by molar-refractivity contribution is 7.90. The molecule has 0 saturated heterocycles. The largest absolute Gasteiger partial charge is 0.497 e. The lowest BCUT2D eigenvalue weighted by Crippen LogP contribution is -2.48. The zero-order valence-corrected chi connectivity index (χ0v) is 30.9. The number of carbonyl (C=O) groups is 2. The topological polar surface area (TPSA) is 155 Å². The highest BCUT2D eigenvalue weighted by atomic mass is 32.2. The summed E-state index contributed by atoms with van der Waals surface area (Å²) in [5.74, 6) is -1.65. The van der Waals surface area contributed by atoms with Gasteiger partial charge in [-0.2, -0.15) is 0 Å². The number of nitrogens with zero attached hydrogens (tertiary/aromatic N) is 3. The average molecular weight is 753 g/mol. The van der Waals surface area contributed by atoms with Crippen molar-refractivity contribution in [1.29, 1.82) is 0 Å². The van der Waals surface area contributed by atoms with Crippen molar-refractivity contribution in [1.82, 2.24) is 14.3 Å². The van der Waals surface area contributed by atoms with E-state index in [1.807, 2.05) is 13.8 Å². The number of rotatable bonds is 10. The van der Waals surface area contributed by atoms with Crippen LogP contribution in [0.5, 0.6) is 5.75 Å². The lowest BCUT2D eigenvalue weighted by Gasteiger charge is -2.35. The van der Waals surface area contributed by atoms with Crippen molar-refractivity contribution in [3.8, 4) is 17.1 Å². The van der Waals surface area contributed by atoms with Gasteiger partial charge in [-0.3, -0.25) is 14.5 Å². The molecule has 0 radical (unpaired) electrons. The van der Waals surface area contributed by atoms with Gasteiger partial charge in [-0.25, -0.2) is 27.4 Å². The van der Waals surface area contributed by atoms with Crippen LogP contribution in [0.4, 0.5) is 4.39 Å². The Balaban J connectivity index is 1.23. The minimum Gasteiger partial charge on any atom is -0.497 e. The van der Waals surface area contributed by atoms with Gasteiger partial charge in [0.15, 0.2) is 0 Å². The summed E-state index contributed by atoms with van der Waals surface area (Å²) in [6.07, 6.45) is 0.490. The predicted octanol–water partition coefficient (Wildman–Crippen LogP) is 5.27. The molecular formula is C40H37FN4O8S. The third-order valence-corrected chi connectivity index (χ3v) is 11.3. The third-order valence-electron chi connectivity index (χ3n) is 9.89. The number of carbonyl (C=O) groups excluding carboxylic acids is 2. The maximum absolute atomic E-state index is 14.3. The van der Waals surface area contributed by atoms with Crippen LogP contribution in [0, 0.1) is 12.7 Å². The van der Waals surface area contributed by atoms with Gasteiger partial charge in [-0.1, -0.05) is 43.7 Å². The second-order valence-electron chi connectivity index (χ2n) is 13.2. The Labute approximate surface area is 310 Å². The summed E-state index contributed by atoms with van der Waals surface area (Å²) in [4.78, 5) is 50.5. The van der Waals surface area contributed by atoms with E-state index in [0.29, 0.717) is 40.0 Å². The molecule has 1 N–H and O–H groups in total. The number of pyridine rings is 2. The number of esters is 2. The number of fused-ring (bicyclic) bond motifs is 5. The summed E-state index contributed by atoms with van der Waals surface area (Å²) in [5.41, 5.74) is 2.61. The van der Waals surface area contributed by atoms with E-state index in [4.69, 9.17) is 19.2 Å². The number of halogens is 1. The maximum Gasteiger partial charge on any atom is 0.355 e. The number of nitrogens with one attached hydrogen (secondary N) is 1. The molecule has 2 aliphatic heterocycles. The predicted molar refractivity (Wildman–Crippen MR) is 198 cm³/mol. The number of sulfonamides is 1. The normalized spacial score (nSPS) is 16.3. The van der Waals surface area contributed by atoms with Gasteiger partial charge >= 0.3 is 11.9 Å². The van der Waals surface area contributed by atoms with Gasteiger partial charge in [0.25, 0.3) is 15.6 Å². The van der Waals surface area contributed by atoms with Crippen molar-refractivity contribution < 1.29 is 36.6 Å². The van der Waals surface area contributed by atoms with Gasteiger partial charge in [0.1, 0.15) is 30.6 Å². The molecule has 2 aliphatic rings. The summed E-state index contributed by atoms with van der Waals surface area (Å²) in [6, 6.07) is 19.2. The number of aromatic nitrogens is 2. The summed E-state index contributed by atoms with van der Waals surface area (Å²) in [5, 5.41) is 0.658. The second kappa shape index (κ2) is 14.2. The van der Waals surface area contributed by atoms with Crippen molar-refractivity contribution in [2.45, 2.75) is 63.7 Å². The van der Waals surface area contributed by atoms with E-state index in [-0.39, 0.29) is 47.9 Å². The van der Waals surface area contributed by atoms with Crippen molar-refractivity contribution in [3.63, 3.8) is 0 Å². The van der Waals surface area contributed by atoms with E-state index >= 15 is 0 Å². The number of hydrogen-bond donors (Lipinski definition) is 1. The molecule has 4 heterocycles. The Bertz CT molecular complexity index is 2530. The van der Waals surface area contributed by atoms with Gasteiger partial charge in [-0.05, 0) is 79.4 Å². The first-order chi connectivity index (χ1) is 25.9. The molecule has 0 spiro atoms. The summed E-state index contributed by atoms with van der Waals surface area (Å²) < 4.78 is 61.7. The Morgan fingerprint density at radius 3 is 2.46 bits per heavy atom. The van der Waals surface area contributed by atoms with Crippen LogP contribution in [0.3, 0.4) is 0 Å². The van der Waals surface area contributed by atoms with E-state index in [2.05, 4.69) is 9.71 Å². The zero-order chi connectivity index (χ0) is 38.4. The molecule has 0 aliphatic carbocycles. The van der Waals surface area contributed by atoms with E-state index in [1.54, 1.807) is 60.0 Å². The summed E-state index contributed by atoms with van der Waals surface area (Å²) in [7, 11) is -2.57. The molecule has 1 atom stereocenters. The monoisotopic (exact) mass is 752 g/mol. The van der Waals surface area contributed by atoms with Gasteiger partial charge in [-0.15, -0.1) is 0 Å². The number of aliphatic imine (C=N–C) groups is 1. The fourth-order valence-electron chi connectivity index (χ4n) is 7.07. The number of cyclic esters (lactones) is 1. The summed E-state index contributed by atoms with van der Waals surface area (Å²) >= 11 is 0. The highest BCUT2D eigenvalue weighted by Crippen LogP contribution is 2.42. The van der Waals surface area contributed by atoms with E-state index < -0.39 is 45.5 Å². The van der Waals surface area contributed by atoms with E-state index in [0.717, 1.165) is 16.7 Å². The second-order valence-corrected chi connectivity index (χ2v) is 14.9. The summed E-state index contributed by atoms with van der Waals surface area (Å²) in [6.45, 7) is 4.62. The minimum absolute atomic E-state index is 0.00252. The molecule has 54 heavy (non-hydrogen) atoms. The molecule has 3 aromatic carbocycles. The van der Waals surface area contributed by atoms with Crippen molar-refractivity contribution in [2.75, 3.05) is 13.7 Å². The number of ether oxygens (including phenoxy) is 3. The minimum atomic E-state index is -4.10. The molecule has 278 valence electrons. The lowest BCUT2D eigenvalue weighted by atomic mass is 9.85.